The quantitative estimate of drug-likeness (QED) is 0.750. The van der Waals surface area contributed by atoms with Gasteiger partial charge in [-0.05, 0) is 59.2 Å². The fraction of sp³-hybridized carbons (Fsp3) is 0.263. The van der Waals surface area contributed by atoms with Crippen LogP contribution in [0.15, 0.2) is 42.5 Å². The number of carbonyl (C=O) groups is 1. The molecule has 1 aromatic heterocycles. The number of anilines is 1. The van der Waals surface area contributed by atoms with E-state index in [1.54, 1.807) is 12.1 Å². The lowest BCUT2D eigenvalue weighted by molar-refractivity contribution is -0.122. The van der Waals surface area contributed by atoms with E-state index >= 15 is 0 Å². The molecule has 0 bridgehead atoms. The average Bonchev–Trinajstić information content (AvgIpc) is 3.23. The summed E-state index contributed by atoms with van der Waals surface area (Å²) in [6.07, 6.45) is 2.12. The van der Waals surface area contributed by atoms with Crippen LogP contribution in [0, 0.1) is 0 Å². The van der Waals surface area contributed by atoms with Gasteiger partial charge in [-0.15, -0.1) is 5.10 Å². The molecule has 2 heterocycles. The topological polar surface area (TPSA) is 81.9 Å². The van der Waals surface area contributed by atoms with Crippen LogP contribution in [0.4, 0.5) is 5.69 Å². The van der Waals surface area contributed by atoms with Gasteiger partial charge in [-0.3, -0.25) is 4.79 Å². The van der Waals surface area contributed by atoms with E-state index in [4.69, 9.17) is 16.3 Å². The van der Waals surface area contributed by atoms with Gasteiger partial charge in [0.15, 0.2) is 11.9 Å². The van der Waals surface area contributed by atoms with E-state index in [2.05, 4.69) is 20.8 Å². The summed E-state index contributed by atoms with van der Waals surface area (Å²) in [5, 5.41) is 15.6. The van der Waals surface area contributed by atoms with Crippen molar-refractivity contribution in [3.8, 4) is 17.1 Å². The summed E-state index contributed by atoms with van der Waals surface area (Å²) >= 11 is 6.01. The van der Waals surface area contributed by atoms with Gasteiger partial charge in [0.1, 0.15) is 5.75 Å². The first-order valence-corrected chi connectivity index (χ1v) is 9.19. The minimum absolute atomic E-state index is 0.193. The summed E-state index contributed by atoms with van der Waals surface area (Å²) in [5.74, 6) is 1.23. The third kappa shape index (κ3) is 3.14. The van der Waals surface area contributed by atoms with Gasteiger partial charge < -0.3 is 10.1 Å². The SMILES string of the molecule is O=C(Nc1cccc(-c2nnnn2C2CC2)c1)[C@H]1Cc2cc(Cl)ccc2O1. The van der Waals surface area contributed by atoms with Crippen LogP contribution >= 0.6 is 11.6 Å². The van der Waals surface area contributed by atoms with E-state index < -0.39 is 6.10 Å². The molecule has 7 nitrogen and oxygen atoms in total. The second-order valence-electron chi connectivity index (χ2n) is 6.81. The van der Waals surface area contributed by atoms with E-state index in [1.807, 2.05) is 35.0 Å². The number of carbonyl (C=O) groups excluding carboxylic acids is 1. The second kappa shape index (κ2) is 6.35. The molecule has 1 atom stereocenters. The largest absolute Gasteiger partial charge is 0.480 e. The van der Waals surface area contributed by atoms with Crippen molar-refractivity contribution in [3.05, 3.63) is 53.1 Å². The maximum atomic E-state index is 12.6. The molecule has 1 aliphatic carbocycles. The highest BCUT2D eigenvalue weighted by Gasteiger charge is 2.30. The van der Waals surface area contributed by atoms with Gasteiger partial charge in [-0.2, -0.15) is 0 Å². The Kier molecular flexibility index (Phi) is 3.82. The number of nitrogens with zero attached hydrogens (tertiary/aromatic N) is 4. The molecule has 2 aliphatic rings. The molecule has 1 N–H and O–H groups in total. The average molecular weight is 382 g/mol. The van der Waals surface area contributed by atoms with Gasteiger partial charge >= 0.3 is 0 Å². The number of tetrazole rings is 1. The molecule has 1 fully saturated rings. The highest BCUT2D eigenvalue weighted by molar-refractivity contribution is 6.30. The Hall–Kier alpha value is -2.93. The molecule has 2 aromatic carbocycles. The maximum absolute atomic E-state index is 12.6. The van der Waals surface area contributed by atoms with Crippen molar-refractivity contribution in [1.29, 1.82) is 0 Å². The summed E-state index contributed by atoms with van der Waals surface area (Å²) in [6.45, 7) is 0. The second-order valence-corrected chi connectivity index (χ2v) is 7.25. The molecule has 1 saturated carbocycles. The normalized spacial score (nSPS) is 18.0. The number of nitrogens with one attached hydrogen (secondary N) is 1. The number of benzene rings is 2. The van der Waals surface area contributed by atoms with Gasteiger partial charge in [-0.25, -0.2) is 4.68 Å². The Labute approximate surface area is 160 Å². The Morgan fingerprint density at radius 3 is 2.96 bits per heavy atom. The van der Waals surface area contributed by atoms with Crippen LogP contribution in [0.1, 0.15) is 24.4 Å². The number of rotatable bonds is 4. The summed E-state index contributed by atoms with van der Waals surface area (Å²) in [4.78, 5) is 12.6. The van der Waals surface area contributed by atoms with Crippen molar-refractivity contribution in [2.45, 2.75) is 31.4 Å². The smallest absolute Gasteiger partial charge is 0.265 e. The van der Waals surface area contributed by atoms with Crippen LogP contribution in [0.25, 0.3) is 11.4 Å². The Balaban J connectivity index is 1.33. The zero-order chi connectivity index (χ0) is 18.4. The minimum atomic E-state index is -0.570. The molecule has 5 rings (SSSR count). The van der Waals surface area contributed by atoms with E-state index in [0.29, 0.717) is 34.7 Å². The van der Waals surface area contributed by atoms with Crippen LogP contribution < -0.4 is 10.1 Å². The van der Waals surface area contributed by atoms with E-state index in [0.717, 1.165) is 24.0 Å². The lowest BCUT2D eigenvalue weighted by Crippen LogP contribution is -2.31. The molecule has 27 heavy (non-hydrogen) atoms. The van der Waals surface area contributed by atoms with Gasteiger partial charge in [0.25, 0.3) is 5.91 Å². The van der Waals surface area contributed by atoms with Crippen molar-refractivity contribution in [2.75, 3.05) is 5.32 Å². The number of amides is 1. The monoisotopic (exact) mass is 381 g/mol. The molecule has 0 radical (unpaired) electrons. The molecule has 0 saturated heterocycles. The summed E-state index contributed by atoms with van der Waals surface area (Å²) in [5.41, 5.74) is 2.49. The number of halogens is 1. The molecule has 1 aliphatic heterocycles. The number of hydrogen-bond donors (Lipinski definition) is 1. The predicted molar refractivity (Wildman–Crippen MR) is 99.7 cm³/mol. The third-order valence-corrected chi connectivity index (χ3v) is 5.00. The van der Waals surface area contributed by atoms with Crippen LogP contribution in [0.2, 0.25) is 5.02 Å². The standard InChI is InChI=1S/C19H16ClN5O2/c20-13-4-7-16-12(8-13)10-17(27-16)19(26)21-14-3-1-2-11(9-14)18-22-23-24-25(18)15-5-6-15/h1-4,7-9,15,17H,5-6,10H2,(H,21,26)/t17-/m1/s1. The molecule has 136 valence electrons. The lowest BCUT2D eigenvalue weighted by atomic mass is 10.1. The van der Waals surface area contributed by atoms with Crippen molar-refractivity contribution in [3.63, 3.8) is 0 Å². The number of ether oxygens (including phenoxy) is 1. The first-order valence-electron chi connectivity index (χ1n) is 8.81. The zero-order valence-electron chi connectivity index (χ0n) is 14.3. The highest BCUT2D eigenvalue weighted by atomic mass is 35.5. The van der Waals surface area contributed by atoms with Crippen molar-refractivity contribution < 1.29 is 9.53 Å². The van der Waals surface area contributed by atoms with Gasteiger partial charge in [-0.1, -0.05) is 23.7 Å². The van der Waals surface area contributed by atoms with Gasteiger partial charge in [0.05, 0.1) is 6.04 Å². The van der Waals surface area contributed by atoms with Crippen LogP contribution in [-0.2, 0) is 11.2 Å². The number of fused-ring (bicyclic) bond motifs is 1. The van der Waals surface area contributed by atoms with Crippen molar-refractivity contribution >= 4 is 23.2 Å². The maximum Gasteiger partial charge on any atom is 0.265 e. The van der Waals surface area contributed by atoms with E-state index in [1.165, 1.54) is 0 Å². The van der Waals surface area contributed by atoms with E-state index in [9.17, 15) is 4.79 Å². The third-order valence-electron chi connectivity index (χ3n) is 4.76. The molecule has 1 amide bonds. The van der Waals surface area contributed by atoms with Crippen molar-refractivity contribution in [2.24, 2.45) is 0 Å². The molecular weight excluding hydrogens is 366 g/mol. The first kappa shape index (κ1) is 16.3. The highest BCUT2D eigenvalue weighted by Crippen LogP contribution is 2.37. The van der Waals surface area contributed by atoms with Crippen LogP contribution in [0.5, 0.6) is 5.75 Å². The molecule has 0 unspecified atom stereocenters. The molecule has 0 spiro atoms. The summed E-state index contributed by atoms with van der Waals surface area (Å²) in [7, 11) is 0. The number of aromatic nitrogens is 4. The Morgan fingerprint density at radius 1 is 1.22 bits per heavy atom. The fourth-order valence-electron chi connectivity index (χ4n) is 3.27. The van der Waals surface area contributed by atoms with Gasteiger partial charge in [0, 0.05) is 22.7 Å². The fourth-order valence-corrected chi connectivity index (χ4v) is 3.47. The minimum Gasteiger partial charge on any atom is -0.480 e. The summed E-state index contributed by atoms with van der Waals surface area (Å²) < 4.78 is 7.60. The zero-order valence-corrected chi connectivity index (χ0v) is 15.1. The van der Waals surface area contributed by atoms with Crippen LogP contribution in [0.3, 0.4) is 0 Å². The van der Waals surface area contributed by atoms with Gasteiger partial charge in [0.2, 0.25) is 0 Å². The Morgan fingerprint density at radius 2 is 2.11 bits per heavy atom. The van der Waals surface area contributed by atoms with Crippen molar-refractivity contribution in [1.82, 2.24) is 20.2 Å². The predicted octanol–water partition coefficient (Wildman–Crippen LogP) is 3.27. The number of hydrogen-bond acceptors (Lipinski definition) is 5. The van der Waals surface area contributed by atoms with E-state index in [-0.39, 0.29) is 5.91 Å². The molecule has 8 heteroatoms. The summed E-state index contributed by atoms with van der Waals surface area (Å²) in [6, 6.07) is 13.3. The first-order chi connectivity index (χ1) is 13.2. The Bertz CT molecular complexity index is 1030. The molecule has 3 aromatic rings. The lowest BCUT2D eigenvalue weighted by Gasteiger charge is -2.12. The van der Waals surface area contributed by atoms with Crippen LogP contribution in [-0.4, -0.2) is 32.2 Å². The molecular formula is C19H16ClN5O2.